The Morgan fingerprint density at radius 3 is 1.63 bits per heavy atom. The summed E-state index contributed by atoms with van der Waals surface area (Å²) in [4.78, 5) is 36.4. The van der Waals surface area contributed by atoms with E-state index in [2.05, 4.69) is 29.1 Å². The van der Waals surface area contributed by atoms with E-state index in [0.29, 0.717) is 33.9 Å². The van der Waals surface area contributed by atoms with E-state index in [1.165, 1.54) is 38.7 Å². The van der Waals surface area contributed by atoms with Gasteiger partial charge in [0.15, 0.2) is 6.29 Å². The normalized spacial score (nSPS) is 12.6. The summed E-state index contributed by atoms with van der Waals surface area (Å²) in [5, 5.41) is 8.51. The van der Waals surface area contributed by atoms with Crippen molar-refractivity contribution in [3.8, 4) is 0 Å². The number of methoxy groups -OCH3 is 2. The molecule has 0 bridgehead atoms. The zero-order valence-electron chi connectivity index (χ0n) is 20.2. The summed E-state index contributed by atoms with van der Waals surface area (Å²) in [5.74, 6) is -0.925. The third-order valence-electron chi connectivity index (χ3n) is 4.12. The second-order valence-corrected chi connectivity index (χ2v) is 6.33. The molecule has 0 amide bonds. The van der Waals surface area contributed by atoms with Crippen molar-refractivity contribution in [1.29, 1.82) is 0 Å². The number of nitrogens with zero attached hydrogens (tertiary/aromatic N) is 4. The van der Waals surface area contributed by atoms with Gasteiger partial charge in [-0.05, 0) is 32.4 Å². The van der Waals surface area contributed by atoms with Gasteiger partial charge in [0.2, 0.25) is 11.4 Å². The summed E-state index contributed by atoms with van der Waals surface area (Å²) in [5.41, 5.74) is 2.50. The van der Waals surface area contributed by atoms with E-state index in [1.807, 2.05) is 0 Å². The minimum atomic E-state index is -0.463. The minimum Gasteiger partial charge on any atom is -0.870 e. The van der Waals surface area contributed by atoms with E-state index >= 15 is 0 Å². The Morgan fingerprint density at radius 1 is 1.00 bits per heavy atom. The second kappa shape index (κ2) is 19.0. The quantitative estimate of drug-likeness (QED) is 0.338. The molecule has 0 aliphatic carbocycles. The Balaban J connectivity index is -0.000000444. The number of ether oxygens (including phenoxy) is 3. The molecule has 0 aromatic carbocycles. The molecule has 3 heterocycles. The first kappa shape index (κ1) is 36.2. The maximum absolute atomic E-state index is 11.1. The van der Waals surface area contributed by atoms with Crippen LogP contribution in [0.15, 0.2) is 24.5 Å². The fourth-order valence-electron chi connectivity index (χ4n) is 2.36. The van der Waals surface area contributed by atoms with Crippen LogP contribution in [0.4, 0.5) is 11.4 Å². The molecule has 13 heteroatoms. The first-order valence-corrected chi connectivity index (χ1v) is 9.41. The van der Waals surface area contributed by atoms with Crippen molar-refractivity contribution < 1.29 is 58.7 Å². The van der Waals surface area contributed by atoms with Crippen molar-refractivity contribution in [1.82, 2.24) is 9.97 Å². The number of esters is 2. The number of aryl methyl sites for hydroxylation is 2. The van der Waals surface area contributed by atoms with E-state index in [4.69, 9.17) is 23.0 Å². The molecule has 0 saturated carbocycles. The van der Waals surface area contributed by atoms with Crippen molar-refractivity contribution in [3.05, 3.63) is 69.9 Å². The van der Waals surface area contributed by atoms with E-state index in [-0.39, 0.29) is 29.8 Å². The molecule has 12 nitrogen and oxygen atoms in total. The smallest absolute Gasteiger partial charge is 0.870 e. The monoisotopic (exact) mass is 482 g/mol. The molecule has 0 spiro atoms. The van der Waals surface area contributed by atoms with Crippen LogP contribution in [0.1, 0.15) is 44.9 Å². The van der Waals surface area contributed by atoms with Gasteiger partial charge in [-0.2, -0.15) is 0 Å². The molecule has 184 valence electrons. The number of aromatic nitrogens is 2. The fraction of sp³-hybridized carbons (Fsp3) is 0.364. The summed E-state index contributed by atoms with van der Waals surface area (Å²) >= 11 is 0. The molecule has 3 rings (SSSR count). The van der Waals surface area contributed by atoms with Crippen molar-refractivity contribution >= 4 is 23.3 Å². The zero-order chi connectivity index (χ0) is 24.1. The summed E-state index contributed by atoms with van der Waals surface area (Å²) in [7, 11) is 2.60. The molecule has 0 radical (unpaired) electrons. The second-order valence-electron chi connectivity index (χ2n) is 6.33. The molecule has 1 unspecified atom stereocenters. The molecule has 35 heavy (non-hydrogen) atoms. The predicted molar refractivity (Wildman–Crippen MR) is 120 cm³/mol. The van der Waals surface area contributed by atoms with Crippen LogP contribution < -0.4 is 18.9 Å². The fourth-order valence-corrected chi connectivity index (χ4v) is 2.36. The average molecular weight is 482 g/mol. The number of rotatable bonds is 2. The largest absolute Gasteiger partial charge is 1.00 e. The number of pyridine rings is 2. The van der Waals surface area contributed by atoms with Crippen LogP contribution in [0, 0.1) is 27.0 Å². The molecule has 4 N–H and O–H groups in total. The minimum absolute atomic E-state index is 0. The van der Waals surface area contributed by atoms with E-state index in [9.17, 15) is 9.59 Å². The Bertz CT molecular complexity index is 956. The molecule has 1 aliphatic rings. The van der Waals surface area contributed by atoms with Crippen LogP contribution in [0.25, 0.3) is 9.69 Å². The zero-order valence-corrected chi connectivity index (χ0v) is 20.2. The van der Waals surface area contributed by atoms with Crippen LogP contribution in [0.5, 0.6) is 0 Å². The van der Waals surface area contributed by atoms with Gasteiger partial charge in [-0.3, -0.25) is 9.97 Å². The van der Waals surface area contributed by atoms with E-state index in [1.54, 1.807) is 13.8 Å². The molecular formula is C22H27LiN4O8. The first-order chi connectivity index (χ1) is 15.3. The molecule has 2 aromatic rings. The van der Waals surface area contributed by atoms with Gasteiger partial charge < -0.3 is 30.3 Å². The molecule has 1 atom stereocenters. The van der Waals surface area contributed by atoms with Crippen molar-refractivity contribution in [2.45, 2.75) is 33.0 Å². The van der Waals surface area contributed by atoms with Crippen LogP contribution in [-0.4, -0.2) is 65.1 Å². The standard InChI is InChI=1S/2C9H8N2O2.C4H8O2.Li.2H2O/c2*1-6-8(9(12)13-3)4-7(10-2)5-11-6;5-4-2-1-3-6-4;;;/h2*4-5H,1,3H3;4-5H,1-3H2;;2*1H2/q;;;+1;;/p-1. The van der Waals surface area contributed by atoms with Gasteiger partial charge in [0.25, 0.3) is 0 Å². The number of carbonyl (C=O) groups is 2. The van der Waals surface area contributed by atoms with Crippen LogP contribution >= 0.6 is 0 Å². The summed E-state index contributed by atoms with van der Waals surface area (Å²) in [6.45, 7) is 17.6. The Morgan fingerprint density at radius 2 is 1.40 bits per heavy atom. The van der Waals surface area contributed by atoms with E-state index < -0.39 is 18.2 Å². The van der Waals surface area contributed by atoms with Crippen molar-refractivity contribution in [2.24, 2.45) is 0 Å². The summed E-state index contributed by atoms with van der Waals surface area (Å²) in [6, 6.07) is 2.95. The third-order valence-corrected chi connectivity index (χ3v) is 4.12. The average Bonchev–Trinajstić information content (AvgIpc) is 3.30. The van der Waals surface area contributed by atoms with Crippen LogP contribution in [-0.2, 0) is 14.2 Å². The molecule has 1 saturated heterocycles. The molecule has 1 aliphatic heterocycles. The number of hydrogen-bond acceptors (Lipinski definition) is 9. The van der Waals surface area contributed by atoms with E-state index in [0.717, 1.165) is 19.4 Å². The van der Waals surface area contributed by atoms with Gasteiger partial charge in [0.1, 0.15) is 0 Å². The Hall–Kier alpha value is -3.34. The third kappa shape index (κ3) is 12.1. The number of hydrogen-bond donors (Lipinski definition) is 1. The number of aliphatic hydroxyl groups is 1. The Kier molecular flexibility index (Phi) is 19.7. The molecule has 1 fully saturated rings. The summed E-state index contributed by atoms with van der Waals surface area (Å²) < 4.78 is 13.8. The van der Waals surface area contributed by atoms with Gasteiger partial charge in [0.05, 0.1) is 38.5 Å². The maximum Gasteiger partial charge on any atom is 1.00 e. The topological polar surface area (TPSA) is 178 Å². The van der Waals surface area contributed by atoms with Crippen LogP contribution in [0.3, 0.4) is 0 Å². The van der Waals surface area contributed by atoms with Gasteiger partial charge in [-0.1, -0.05) is 0 Å². The Labute approximate surface area is 215 Å². The maximum atomic E-state index is 11.1. The van der Waals surface area contributed by atoms with Crippen molar-refractivity contribution in [3.63, 3.8) is 0 Å². The van der Waals surface area contributed by atoms with Gasteiger partial charge in [0, 0.05) is 36.8 Å². The van der Waals surface area contributed by atoms with Crippen molar-refractivity contribution in [2.75, 3.05) is 20.8 Å². The van der Waals surface area contributed by atoms with Gasteiger partial charge >= 0.3 is 30.8 Å². The number of aliphatic hydroxyl groups excluding tert-OH is 1. The SMILES string of the molecule is O.OC1CCCO1.[C-]#[N+]c1cnc(C)c(C(=O)OC)c1.[C-]#[N+]c1cnc(C)c(C(=O)OC)c1.[Li+].[OH-]. The first-order valence-electron chi connectivity index (χ1n) is 9.41. The number of carbonyl (C=O) groups excluding carboxylic acids is 2. The van der Waals surface area contributed by atoms with Gasteiger partial charge in [-0.25, -0.2) is 19.3 Å². The molecular weight excluding hydrogens is 455 g/mol. The summed E-state index contributed by atoms with van der Waals surface area (Å²) in [6.07, 6.45) is 4.23. The predicted octanol–water partition coefficient (Wildman–Crippen LogP) is -0.427. The van der Waals surface area contributed by atoms with Crippen LogP contribution in [0.2, 0.25) is 0 Å². The van der Waals surface area contributed by atoms with Gasteiger partial charge in [-0.15, -0.1) is 0 Å². The molecule has 2 aromatic heterocycles.